The lowest BCUT2D eigenvalue weighted by Crippen LogP contribution is -2.11. The lowest BCUT2D eigenvalue weighted by atomic mass is 10.4. The van der Waals surface area contributed by atoms with Gasteiger partial charge in [-0.15, -0.1) is 11.3 Å². The van der Waals surface area contributed by atoms with E-state index in [0.29, 0.717) is 0 Å². The summed E-state index contributed by atoms with van der Waals surface area (Å²) in [7, 11) is 3.92. The van der Waals surface area contributed by atoms with E-state index in [9.17, 15) is 0 Å². The molecule has 3 heterocycles. The van der Waals surface area contributed by atoms with Crippen LogP contribution in [0.2, 0.25) is 0 Å². The number of fused-ring (bicyclic) bond motifs is 1. The number of hydrogen-bond acceptors (Lipinski definition) is 5. The van der Waals surface area contributed by atoms with E-state index in [2.05, 4.69) is 37.0 Å². The van der Waals surface area contributed by atoms with Crippen molar-refractivity contribution in [3.8, 4) is 0 Å². The second-order valence-corrected chi connectivity index (χ2v) is 5.25. The highest BCUT2D eigenvalue weighted by Crippen LogP contribution is 2.21. The monoisotopic (exact) mass is 259 g/mol. The van der Waals surface area contributed by atoms with Crippen molar-refractivity contribution in [2.24, 2.45) is 0 Å². The number of thiophene rings is 1. The minimum atomic E-state index is 0.804. The molecule has 0 aromatic carbocycles. The van der Waals surface area contributed by atoms with Crippen LogP contribution in [0.3, 0.4) is 0 Å². The Balaban J connectivity index is 2.07. The van der Waals surface area contributed by atoms with Crippen LogP contribution in [0.1, 0.15) is 4.88 Å². The van der Waals surface area contributed by atoms with E-state index < -0.39 is 0 Å². The fraction of sp³-hybridized carbons (Fsp3) is 0.250. The van der Waals surface area contributed by atoms with Crippen molar-refractivity contribution in [2.75, 3.05) is 19.0 Å². The summed E-state index contributed by atoms with van der Waals surface area (Å²) < 4.78 is 2.05. The Hall–Kier alpha value is -1.95. The van der Waals surface area contributed by atoms with Crippen LogP contribution in [-0.4, -0.2) is 33.6 Å². The number of nitrogens with zero attached hydrogens (tertiary/aromatic N) is 5. The SMILES string of the molecule is CN(C)c1ncnc2c1ncn2Cc1cccs1. The molecule has 0 amide bonds. The number of rotatable bonds is 3. The average molecular weight is 259 g/mol. The molecule has 0 unspecified atom stereocenters. The molecular formula is C12H13N5S. The van der Waals surface area contributed by atoms with Crippen molar-refractivity contribution in [2.45, 2.75) is 6.54 Å². The predicted molar refractivity (Wildman–Crippen MR) is 73.1 cm³/mol. The molecule has 0 saturated heterocycles. The molecule has 18 heavy (non-hydrogen) atoms. The molecule has 3 aromatic heterocycles. The Kier molecular flexibility index (Phi) is 2.71. The molecule has 0 atom stereocenters. The standard InChI is InChI=1S/C12H13N5S/c1-16(2)11-10-12(14-7-13-11)17(8-15-10)6-9-4-3-5-18-9/h3-5,7-8H,6H2,1-2H3. The molecule has 92 valence electrons. The normalized spacial score (nSPS) is 11.0. The van der Waals surface area contributed by atoms with E-state index in [0.717, 1.165) is 23.5 Å². The van der Waals surface area contributed by atoms with Crippen LogP contribution < -0.4 is 4.90 Å². The van der Waals surface area contributed by atoms with E-state index in [1.165, 1.54) is 4.88 Å². The molecule has 0 spiro atoms. The fourth-order valence-electron chi connectivity index (χ4n) is 1.88. The van der Waals surface area contributed by atoms with E-state index >= 15 is 0 Å². The molecule has 0 aliphatic carbocycles. The van der Waals surface area contributed by atoms with Gasteiger partial charge in [0.2, 0.25) is 0 Å². The van der Waals surface area contributed by atoms with Crippen LogP contribution in [0.25, 0.3) is 11.2 Å². The quantitative estimate of drug-likeness (QED) is 0.722. The minimum absolute atomic E-state index is 0.804. The van der Waals surface area contributed by atoms with Gasteiger partial charge in [-0.05, 0) is 11.4 Å². The van der Waals surface area contributed by atoms with Gasteiger partial charge in [0, 0.05) is 19.0 Å². The van der Waals surface area contributed by atoms with Crippen molar-refractivity contribution < 1.29 is 0 Å². The van der Waals surface area contributed by atoms with Crippen molar-refractivity contribution in [1.82, 2.24) is 19.5 Å². The Labute approximate surface area is 109 Å². The summed E-state index contributed by atoms with van der Waals surface area (Å²) in [6, 6.07) is 4.17. The molecule has 0 aliphatic heterocycles. The minimum Gasteiger partial charge on any atom is -0.361 e. The van der Waals surface area contributed by atoms with Gasteiger partial charge in [0.25, 0.3) is 0 Å². The molecule has 0 N–H and O–H groups in total. The molecule has 0 fully saturated rings. The van der Waals surface area contributed by atoms with Gasteiger partial charge in [0.05, 0.1) is 12.9 Å². The maximum Gasteiger partial charge on any atom is 0.165 e. The summed E-state index contributed by atoms with van der Waals surface area (Å²) >= 11 is 1.74. The van der Waals surface area contributed by atoms with Gasteiger partial charge >= 0.3 is 0 Å². The zero-order chi connectivity index (χ0) is 12.5. The highest BCUT2D eigenvalue weighted by molar-refractivity contribution is 7.09. The first-order chi connectivity index (χ1) is 8.75. The largest absolute Gasteiger partial charge is 0.361 e. The van der Waals surface area contributed by atoms with E-state index in [1.807, 2.05) is 25.3 Å². The molecule has 3 rings (SSSR count). The van der Waals surface area contributed by atoms with E-state index in [4.69, 9.17) is 0 Å². The van der Waals surface area contributed by atoms with Crippen LogP contribution in [0.5, 0.6) is 0 Å². The third kappa shape index (κ3) is 1.84. The van der Waals surface area contributed by atoms with Gasteiger partial charge in [0.1, 0.15) is 6.33 Å². The topological polar surface area (TPSA) is 46.8 Å². The van der Waals surface area contributed by atoms with Crippen molar-refractivity contribution >= 4 is 28.3 Å². The molecule has 3 aromatic rings. The lowest BCUT2D eigenvalue weighted by molar-refractivity contribution is 0.826. The van der Waals surface area contributed by atoms with Gasteiger partial charge in [-0.3, -0.25) is 0 Å². The Morgan fingerprint density at radius 2 is 2.17 bits per heavy atom. The Morgan fingerprint density at radius 3 is 2.89 bits per heavy atom. The molecule has 0 bridgehead atoms. The first kappa shape index (κ1) is 11.2. The highest BCUT2D eigenvalue weighted by atomic mass is 32.1. The Bertz CT molecular complexity index is 656. The van der Waals surface area contributed by atoms with E-state index in [-0.39, 0.29) is 0 Å². The summed E-state index contributed by atoms with van der Waals surface area (Å²) in [6.07, 6.45) is 3.41. The number of hydrogen-bond donors (Lipinski definition) is 0. The highest BCUT2D eigenvalue weighted by Gasteiger charge is 2.11. The lowest BCUT2D eigenvalue weighted by Gasteiger charge is -2.10. The summed E-state index contributed by atoms with van der Waals surface area (Å²) in [4.78, 5) is 16.3. The van der Waals surface area contributed by atoms with Crippen molar-refractivity contribution in [3.05, 3.63) is 35.0 Å². The number of anilines is 1. The van der Waals surface area contributed by atoms with Crippen LogP contribution >= 0.6 is 11.3 Å². The summed E-state index contributed by atoms with van der Waals surface area (Å²) in [6.45, 7) is 0.804. The third-order valence-corrected chi connectivity index (χ3v) is 3.57. The predicted octanol–water partition coefficient (Wildman–Crippen LogP) is 2.00. The van der Waals surface area contributed by atoms with E-state index in [1.54, 1.807) is 17.7 Å². The fourth-order valence-corrected chi connectivity index (χ4v) is 2.58. The molecule has 5 nitrogen and oxygen atoms in total. The summed E-state index contributed by atoms with van der Waals surface area (Å²) in [5, 5.41) is 2.08. The van der Waals surface area contributed by atoms with Crippen LogP contribution in [0.15, 0.2) is 30.2 Å². The summed E-state index contributed by atoms with van der Waals surface area (Å²) in [5.74, 6) is 0.852. The van der Waals surface area contributed by atoms with Crippen LogP contribution in [0, 0.1) is 0 Å². The van der Waals surface area contributed by atoms with Crippen molar-refractivity contribution in [3.63, 3.8) is 0 Å². The van der Waals surface area contributed by atoms with Crippen molar-refractivity contribution in [1.29, 1.82) is 0 Å². The number of imidazole rings is 1. The second kappa shape index (κ2) is 4.38. The summed E-state index contributed by atoms with van der Waals surface area (Å²) in [5.41, 5.74) is 1.72. The number of aromatic nitrogens is 4. The molecule has 6 heteroatoms. The second-order valence-electron chi connectivity index (χ2n) is 4.22. The van der Waals surface area contributed by atoms with Crippen LogP contribution in [0.4, 0.5) is 5.82 Å². The first-order valence-corrected chi connectivity index (χ1v) is 6.49. The van der Waals surface area contributed by atoms with Gasteiger partial charge < -0.3 is 9.47 Å². The molecule has 0 saturated carbocycles. The third-order valence-electron chi connectivity index (χ3n) is 2.71. The van der Waals surface area contributed by atoms with Crippen LogP contribution in [-0.2, 0) is 6.54 Å². The average Bonchev–Trinajstić information content (AvgIpc) is 2.99. The zero-order valence-electron chi connectivity index (χ0n) is 10.2. The molecule has 0 radical (unpaired) electrons. The first-order valence-electron chi connectivity index (χ1n) is 5.61. The van der Waals surface area contributed by atoms with Gasteiger partial charge in [-0.25, -0.2) is 15.0 Å². The smallest absolute Gasteiger partial charge is 0.165 e. The van der Waals surface area contributed by atoms with Gasteiger partial charge in [-0.1, -0.05) is 6.07 Å². The Morgan fingerprint density at radius 1 is 1.28 bits per heavy atom. The zero-order valence-corrected chi connectivity index (χ0v) is 11.1. The van der Waals surface area contributed by atoms with Gasteiger partial charge in [0.15, 0.2) is 17.0 Å². The maximum absolute atomic E-state index is 4.42. The van der Waals surface area contributed by atoms with Gasteiger partial charge in [-0.2, -0.15) is 0 Å². The molecular weight excluding hydrogens is 246 g/mol. The molecule has 0 aliphatic rings. The maximum atomic E-state index is 4.42.